The number of aryl methyl sites for hydroxylation is 1. The number of halogens is 1. The van der Waals surface area contributed by atoms with Gasteiger partial charge in [-0.2, -0.15) is 0 Å². The lowest BCUT2D eigenvalue weighted by Crippen LogP contribution is -2.37. The van der Waals surface area contributed by atoms with E-state index in [0.29, 0.717) is 43.1 Å². The minimum absolute atomic E-state index is 0.0309. The van der Waals surface area contributed by atoms with Crippen molar-refractivity contribution in [1.82, 2.24) is 19.3 Å². The molecule has 1 unspecified atom stereocenters. The predicted molar refractivity (Wildman–Crippen MR) is 132 cm³/mol. The fraction of sp³-hybridized carbons (Fsp3) is 0.480. The van der Waals surface area contributed by atoms with Crippen LogP contribution in [0.4, 0.5) is 10.3 Å². The van der Waals surface area contributed by atoms with E-state index in [-0.39, 0.29) is 23.5 Å². The lowest BCUT2D eigenvalue weighted by Gasteiger charge is -2.27. The molecule has 2 aliphatic heterocycles. The van der Waals surface area contributed by atoms with Crippen LogP contribution in [-0.2, 0) is 16.0 Å². The Morgan fingerprint density at radius 2 is 2.00 bits per heavy atom. The van der Waals surface area contributed by atoms with Crippen LogP contribution in [0.5, 0.6) is 0 Å². The summed E-state index contributed by atoms with van der Waals surface area (Å²) in [5.41, 5.74) is 3.37. The van der Waals surface area contributed by atoms with Gasteiger partial charge in [0.25, 0.3) is 0 Å². The number of thioether (sulfide) groups is 1. The van der Waals surface area contributed by atoms with Crippen molar-refractivity contribution in [2.24, 2.45) is 0 Å². The second kappa shape index (κ2) is 10.5. The largest absolute Gasteiger partial charge is 0.378 e. The van der Waals surface area contributed by atoms with Gasteiger partial charge < -0.3 is 18.9 Å². The summed E-state index contributed by atoms with van der Waals surface area (Å²) in [7, 11) is 0. The Labute approximate surface area is 208 Å². The first-order valence-corrected chi connectivity index (χ1v) is 13.0. The summed E-state index contributed by atoms with van der Waals surface area (Å²) in [6.45, 7) is 8.14. The Balaban J connectivity index is 1.37. The molecule has 0 spiro atoms. The van der Waals surface area contributed by atoms with Gasteiger partial charge in [0.15, 0.2) is 10.9 Å². The molecule has 0 radical (unpaired) electrons. The standard InChI is InChI=1S/C25H30FN5O3S/c1-17-13-22(18(2)30(17)15-21-7-4-10-34-21)23(32)16-35-25-28-27-24(29-8-11-33-12-9-29)31(25)20-6-3-5-19(26)14-20/h3,5-6,13-14,21H,4,7-12,15-16H2,1-2H3. The van der Waals surface area contributed by atoms with Gasteiger partial charge in [-0.3, -0.25) is 9.36 Å². The summed E-state index contributed by atoms with van der Waals surface area (Å²) in [5.74, 6) is 0.530. The molecule has 4 heterocycles. The molecule has 186 valence electrons. The van der Waals surface area contributed by atoms with Crippen LogP contribution in [0.25, 0.3) is 5.69 Å². The van der Waals surface area contributed by atoms with Crippen LogP contribution < -0.4 is 4.90 Å². The highest BCUT2D eigenvalue weighted by Crippen LogP contribution is 2.29. The minimum Gasteiger partial charge on any atom is -0.378 e. The Morgan fingerprint density at radius 3 is 2.74 bits per heavy atom. The highest BCUT2D eigenvalue weighted by molar-refractivity contribution is 7.99. The summed E-state index contributed by atoms with van der Waals surface area (Å²) in [6.07, 6.45) is 2.35. The number of nitrogens with zero attached hydrogens (tertiary/aromatic N) is 5. The number of carbonyl (C=O) groups is 1. The van der Waals surface area contributed by atoms with Gasteiger partial charge in [0.2, 0.25) is 5.95 Å². The maximum absolute atomic E-state index is 14.1. The number of hydrogen-bond acceptors (Lipinski definition) is 7. The van der Waals surface area contributed by atoms with Gasteiger partial charge in [-0.25, -0.2) is 4.39 Å². The van der Waals surface area contributed by atoms with Crippen molar-refractivity contribution in [3.8, 4) is 5.69 Å². The molecular weight excluding hydrogens is 469 g/mol. The van der Waals surface area contributed by atoms with Crippen LogP contribution in [-0.4, -0.2) is 69.9 Å². The zero-order valence-electron chi connectivity index (χ0n) is 20.1. The number of Topliss-reactive ketones (excluding diaryl/α,β-unsaturated/α-hetero) is 1. The zero-order chi connectivity index (χ0) is 24.4. The number of ketones is 1. The number of anilines is 1. The molecule has 0 N–H and O–H groups in total. The Hall–Kier alpha value is -2.69. The van der Waals surface area contributed by atoms with Crippen molar-refractivity contribution in [3.63, 3.8) is 0 Å². The average Bonchev–Trinajstić information content (AvgIpc) is 3.59. The number of rotatable bonds is 8. The summed E-state index contributed by atoms with van der Waals surface area (Å²) in [5, 5.41) is 9.33. The summed E-state index contributed by atoms with van der Waals surface area (Å²) >= 11 is 1.32. The van der Waals surface area contributed by atoms with Crippen LogP contribution >= 0.6 is 11.8 Å². The van der Waals surface area contributed by atoms with Gasteiger partial charge in [0.1, 0.15) is 5.82 Å². The highest BCUT2D eigenvalue weighted by Gasteiger charge is 2.24. The van der Waals surface area contributed by atoms with E-state index >= 15 is 0 Å². The monoisotopic (exact) mass is 499 g/mol. The van der Waals surface area contributed by atoms with E-state index in [1.807, 2.05) is 30.5 Å². The Bertz CT molecular complexity index is 1200. The number of benzene rings is 1. The molecule has 2 aliphatic rings. The van der Waals surface area contributed by atoms with E-state index in [2.05, 4.69) is 19.7 Å². The van der Waals surface area contributed by atoms with E-state index in [4.69, 9.17) is 9.47 Å². The first-order valence-electron chi connectivity index (χ1n) is 12.0. The van der Waals surface area contributed by atoms with Crippen LogP contribution in [0.1, 0.15) is 34.6 Å². The fourth-order valence-corrected chi connectivity index (χ4v) is 5.56. The van der Waals surface area contributed by atoms with Crippen molar-refractivity contribution in [3.05, 3.63) is 53.1 Å². The molecule has 8 nitrogen and oxygen atoms in total. The van der Waals surface area contributed by atoms with Crippen molar-refractivity contribution < 1.29 is 18.7 Å². The maximum Gasteiger partial charge on any atom is 0.232 e. The lowest BCUT2D eigenvalue weighted by atomic mass is 10.2. The summed E-state index contributed by atoms with van der Waals surface area (Å²) < 4.78 is 29.3. The molecule has 2 aromatic heterocycles. The van der Waals surface area contributed by atoms with Crippen LogP contribution in [0.15, 0.2) is 35.5 Å². The number of aromatic nitrogens is 4. The molecule has 35 heavy (non-hydrogen) atoms. The topological polar surface area (TPSA) is 74.4 Å². The van der Waals surface area contributed by atoms with Crippen molar-refractivity contribution in [1.29, 1.82) is 0 Å². The van der Waals surface area contributed by atoms with Gasteiger partial charge in [0.05, 0.1) is 30.8 Å². The van der Waals surface area contributed by atoms with Gasteiger partial charge in [0, 0.05) is 43.2 Å². The van der Waals surface area contributed by atoms with E-state index in [1.165, 1.54) is 23.9 Å². The molecule has 0 saturated carbocycles. The van der Waals surface area contributed by atoms with Gasteiger partial charge in [-0.15, -0.1) is 10.2 Å². The van der Waals surface area contributed by atoms with Gasteiger partial charge in [-0.1, -0.05) is 17.8 Å². The van der Waals surface area contributed by atoms with E-state index in [9.17, 15) is 9.18 Å². The van der Waals surface area contributed by atoms with Gasteiger partial charge in [-0.05, 0) is 51.0 Å². The maximum atomic E-state index is 14.1. The van der Waals surface area contributed by atoms with E-state index in [0.717, 1.165) is 42.9 Å². The third kappa shape index (κ3) is 5.14. The van der Waals surface area contributed by atoms with Crippen molar-refractivity contribution >= 4 is 23.5 Å². The van der Waals surface area contributed by atoms with E-state index in [1.54, 1.807) is 6.07 Å². The molecule has 0 bridgehead atoms. The fourth-order valence-electron chi connectivity index (χ4n) is 4.73. The lowest BCUT2D eigenvalue weighted by molar-refractivity contribution is 0.0957. The number of carbonyl (C=O) groups excluding carboxylic acids is 1. The second-order valence-electron chi connectivity index (χ2n) is 8.94. The molecule has 2 fully saturated rings. The SMILES string of the molecule is Cc1cc(C(=O)CSc2nnc(N3CCOCC3)n2-c2cccc(F)c2)c(C)n1CC1CCCO1. The van der Waals surface area contributed by atoms with Crippen molar-refractivity contribution in [2.75, 3.05) is 43.6 Å². The molecule has 3 aromatic rings. The minimum atomic E-state index is -0.338. The number of ether oxygens (including phenoxy) is 2. The molecule has 1 atom stereocenters. The predicted octanol–water partition coefficient (Wildman–Crippen LogP) is 3.82. The molecule has 0 amide bonds. The molecule has 5 rings (SSSR count). The number of hydrogen-bond donors (Lipinski definition) is 0. The van der Waals surface area contributed by atoms with Crippen LogP contribution in [0, 0.1) is 19.7 Å². The van der Waals surface area contributed by atoms with E-state index < -0.39 is 0 Å². The Morgan fingerprint density at radius 1 is 1.17 bits per heavy atom. The normalized spacial score (nSPS) is 18.4. The summed E-state index contributed by atoms with van der Waals surface area (Å²) in [4.78, 5) is 15.3. The van der Waals surface area contributed by atoms with Crippen molar-refractivity contribution in [2.45, 2.75) is 44.5 Å². The molecule has 1 aromatic carbocycles. The number of morpholine rings is 1. The summed E-state index contributed by atoms with van der Waals surface area (Å²) in [6, 6.07) is 8.31. The third-order valence-corrected chi connectivity index (χ3v) is 7.52. The quantitative estimate of drug-likeness (QED) is 0.345. The molecule has 2 saturated heterocycles. The smallest absolute Gasteiger partial charge is 0.232 e. The third-order valence-electron chi connectivity index (χ3n) is 6.59. The zero-order valence-corrected chi connectivity index (χ0v) is 20.9. The highest BCUT2D eigenvalue weighted by atomic mass is 32.2. The molecular formula is C25H30FN5O3S. The van der Waals surface area contributed by atoms with Crippen LogP contribution in [0.2, 0.25) is 0 Å². The average molecular weight is 500 g/mol. The van der Waals surface area contributed by atoms with Gasteiger partial charge >= 0.3 is 0 Å². The molecule has 10 heteroatoms. The van der Waals surface area contributed by atoms with Crippen LogP contribution in [0.3, 0.4) is 0 Å². The first kappa shape index (κ1) is 24.0. The first-order chi connectivity index (χ1) is 17.0. The Kier molecular flexibility index (Phi) is 7.22. The second-order valence-corrected chi connectivity index (χ2v) is 9.88. The molecule has 0 aliphatic carbocycles.